The lowest BCUT2D eigenvalue weighted by atomic mass is 10.0. The lowest BCUT2D eigenvalue weighted by Gasteiger charge is -2.43. The Balaban J connectivity index is 1.71. The normalized spacial score (nSPS) is 20.3. The average molecular weight is 447 g/mol. The molecule has 10 nitrogen and oxygen atoms in total. The van der Waals surface area contributed by atoms with Gasteiger partial charge in [0.25, 0.3) is 5.91 Å². The van der Waals surface area contributed by atoms with E-state index < -0.39 is 18.1 Å². The molecule has 1 fully saturated rings. The van der Waals surface area contributed by atoms with Gasteiger partial charge in [-0.1, -0.05) is 6.07 Å². The first-order valence-electron chi connectivity index (χ1n) is 10.3. The average Bonchev–Trinajstić information content (AvgIpc) is 3.19. The lowest BCUT2D eigenvalue weighted by molar-refractivity contribution is -0.137. The van der Waals surface area contributed by atoms with Crippen LogP contribution in [0.2, 0.25) is 0 Å². The van der Waals surface area contributed by atoms with Gasteiger partial charge < -0.3 is 29.3 Å². The maximum atomic E-state index is 13.0. The standard InChI is InChI=1S/C22H30N4O6/c1-24-20-15(21(28)25(2)22(24)29)13-16(26(20)10-11-30-3)19(27)23-9-8-14-6-7-17(31-4)18(12-14)32-5/h6-7,12-13,15,20H,8-11H2,1-5H3,(H,23,27). The summed E-state index contributed by atoms with van der Waals surface area (Å²) in [5.41, 5.74) is 1.35. The molecule has 1 N–H and O–H groups in total. The topological polar surface area (TPSA) is 101 Å². The SMILES string of the molecule is COCCN1C(C(=O)NCCc2ccc(OC)c(OC)c2)=CC2C(=O)N(C)C(=O)N(C)C21. The van der Waals surface area contributed by atoms with Crippen LogP contribution in [0.25, 0.3) is 0 Å². The zero-order valence-corrected chi connectivity index (χ0v) is 19.1. The number of carbonyl (C=O) groups is 3. The summed E-state index contributed by atoms with van der Waals surface area (Å²) < 4.78 is 15.7. The number of methoxy groups -OCH3 is 3. The summed E-state index contributed by atoms with van der Waals surface area (Å²) in [4.78, 5) is 42.5. The molecule has 0 aliphatic carbocycles. The van der Waals surface area contributed by atoms with Crippen molar-refractivity contribution in [2.24, 2.45) is 5.92 Å². The molecule has 1 aromatic carbocycles. The van der Waals surface area contributed by atoms with Crippen LogP contribution in [-0.2, 0) is 20.7 Å². The first-order valence-corrected chi connectivity index (χ1v) is 10.3. The number of imide groups is 1. The van der Waals surface area contributed by atoms with Crippen molar-refractivity contribution < 1.29 is 28.6 Å². The second kappa shape index (κ2) is 9.90. The van der Waals surface area contributed by atoms with Gasteiger partial charge in [0.1, 0.15) is 11.9 Å². The molecule has 0 bridgehead atoms. The Kier molecular flexibility index (Phi) is 7.24. The number of benzene rings is 1. The fraction of sp³-hybridized carbons (Fsp3) is 0.500. The Morgan fingerprint density at radius 2 is 1.81 bits per heavy atom. The second-order valence-electron chi connectivity index (χ2n) is 7.66. The van der Waals surface area contributed by atoms with Crippen LogP contribution in [0.5, 0.6) is 11.5 Å². The predicted octanol–water partition coefficient (Wildman–Crippen LogP) is 0.675. The van der Waals surface area contributed by atoms with Crippen molar-refractivity contribution >= 4 is 17.8 Å². The molecule has 0 saturated carbocycles. The Morgan fingerprint density at radius 3 is 2.47 bits per heavy atom. The van der Waals surface area contributed by atoms with Crippen LogP contribution in [-0.4, -0.2) is 93.8 Å². The lowest BCUT2D eigenvalue weighted by Crippen LogP contribution is -2.62. The zero-order valence-electron chi connectivity index (χ0n) is 19.1. The molecule has 0 aromatic heterocycles. The highest BCUT2D eigenvalue weighted by Gasteiger charge is 2.50. The summed E-state index contributed by atoms with van der Waals surface area (Å²) in [6.45, 7) is 1.12. The van der Waals surface area contributed by atoms with Crippen molar-refractivity contribution in [3.63, 3.8) is 0 Å². The van der Waals surface area contributed by atoms with Crippen molar-refractivity contribution in [3.8, 4) is 11.5 Å². The quantitative estimate of drug-likeness (QED) is 0.595. The van der Waals surface area contributed by atoms with E-state index in [0.717, 1.165) is 10.5 Å². The molecule has 10 heteroatoms. The summed E-state index contributed by atoms with van der Waals surface area (Å²) in [6.07, 6.45) is 1.69. The summed E-state index contributed by atoms with van der Waals surface area (Å²) in [6, 6.07) is 5.20. The monoisotopic (exact) mass is 446 g/mol. The fourth-order valence-electron chi connectivity index (χ4n) is 4.10. The number of hydrogen-bond donors (Lipinski definition) is 1. The van der Waals surface area contributed by atoms with E-state index in [0.29, 0.717) is 43.3 Å². The van der Waals surface area contributed by atoms with Crippen molar-refractivity contribution in [2.45, 2.75) is 12.6 Å². The van der Waals surface area contributed by atoms with Gasteiger partial charge in [0.15, 0.2) is 11.5 Å². The van der Waals surface area contributed by atoms with Gasteiger partial charge in [-0.05, 0) is 30.2 Å². The molecule has 1 saturated heterocycles. The van der Waals surface area contributed by atoms with Gasteiger partial charge in [-0.2, -0.15) is 0 Å². The van der Waals surface area contributed by atoms with E-state index in [-0.39, 0.29) is 11.8 Å². The van der Waals surface area contributed by atoms with Crippen LogP contribution in [0.15, 0.2) is 30.0 Å². The van der Waals surface area contributed by atoms with Crippen LogP contribution in [0.3, 0.4) is 0 Å². The van der Waals surface area contributed by atoms with E-state index in [1.165, 1.54) is 11.9 Å². The molecule has 2 aliphatic heterocycles. The van der Waals surface area contributed by atoms with Crippen molar-refractivity contribution in [3.05, 3.63) is 35.5 Å². The van der Waals surface area contributed by atoms with Gasteiger partial charge in [-0.15, -0.1) is 0 Å². The largest absolute Gasteiger partial charge is 0.493 e. The summed E-state index contributed by atoms with van der Waals surface area (Å²) in [7, 11) is 7.80. The summed E-state index contributed by atoms with van der Waals surface area (Å²) in [5, 5.41) is 2.92. The predicted molar refractivity (Wildman–Crippen MR) is 116 cm³/mol. The van der Waals surface area contributed by atoms with E-state index in [1.807, 2.05) is 18.2 Å². The van der Waals surface area contributed by atoms with E-state index in [2.05, 4.69) is 5.32 Å². The van der Waals surface area contributed by atoms with E-state index in [4.69, 9.17) is 14.2 Å². The fourth-order valence-corrected chi connectivity index (χ4v) is 4.10. The molecule has 2 heterocycles. The second-order valence-corrected chi connectivity index (χ2v) is 7.66. The minimum Gasteiger partial charge on any atom is -0.493 e. The van der Waals surface area contributed by atoms with Crippen LogP contribution in [0, 0.1) is 5.92 Å². The highest BCUT2D eigenvalue weighted by atomic mass is 16.5. The van der Waals surface area contributed by atoms with E-state index in [1.54, 1.807) is 39.4 Å². The molecule has 4 amide bonds. The molecule has 174 valence electrons. The minimum absolute atomic E-state index is 0.299. The smallest absolute Gasteiger partial charge is 0.327 e. The summed E-state index contributed by atoms with van der Waals surface area (Å²) in [5.74, 6) is 0.0353. The highest BCUT2D eigenvalue weighted by Crippen LogP contribution is 2.34. The highest BCUT2D eigenvalue weighted by molar-refractivity contribution is 6.02. The van der Waals surface area contributed by atoms with E-state index in [9.17, 15) is 14.4 Å². The van der Waals surface area contributed by atoms with Gasteiger partial charge >= 0.3 is 6.03 Å². The molecule has 32 heavy (non-hydrogen) atoms. The Hall–Kier alpha value is -3.27. The third-order valence-electron chi connectivity index (χ3n) is 5.80. The van der Waals surface area contributed by atoms with E-state index >= 15 is 0 Å². The molecule has 0 radical (unpaired) electrons. The number of nitrogens with one attached hydrogen (secondary N) is 1. The van der Waals surface area contributed by atoms with Gasteiger partial charge in [0, 0.05) is 34.3 Å². The maximum Gasteiger partial charge on any atom is 0.327 e. The number of ether oxygens (including phenoxy) is 3. The van der Waals surface area contributed by atoms with Gasteiger partial charge in [0.2, 0.25) is 5.91 Å². The zero-order chi connectivity index (χ0) is 23.4. The molecular weight excluding hydrogens is 416 g/mol. The van der Waals surface area contributed by atoms with Gasteiger partial charge in [-0.3, -0.25) is 14.5 Å². The van der Waals surface area contributed by atoms with Crippen LogP contribution >= 0.6 is 0 Å². The molecule has 2 unspecified atom stereocenters. The minimum atomic E-state index is -0.605. The third-order valence-corrected chi connectivity index (χ3v) is 5.80. The van der Waals surface area contributed by atoms with Crippen LogP contribution in [0.1, 0.15) is 5.56 Å². The van der Waals surface area contributed by atoms with Crippen LogP contribution in [0.4, 0.5) is 4.79 Å². The molecule has 3 rings (SSSR count). The number of urea groups is 1. The number of carbonyl (C=O) groups excluding carboxylic acids is 3. The number of hydrogen-bond acceptors (Lipinski definition) is 7. The number of nitrogens with zero attached hydrogens (tertiary/aromatic N) is 3. The first-order chi connectivity index (χ1) is 15.3. The number of fused-ring (bicyclic) bond motifs is 1. The summed E-state index contributed by atoms with van der Waals surface area (Å²) >= 11 is 0. The van der Waals surface area contributed by atoms with Gasteiger partial charge in [-0.25, -0.2) is 4.79 Å². The van der Waals surface area contributed by atoms with Crippen LogP contribution < -0.4 is 14.8 Å². The van der Waals surface area contributed by atoms with Crippen molar-refractivity contribution in [2.75, 3.05) is 55.1 Å². The number of amides is 4. The molecule has 0 spiro atoms. The maximum absolute atomic E-state index is 13.0. The molecule has 2 atom stereocenters. The molecular formula is C22H30N4O6. The Labute approximate surface area is 187 Å². The Bertz CT molecular complexity index is 918. The van der Waals surface area contributed by atoms with Crippen molar-refractivity contribution in [1.29, 1.82) is 0 Å². The van der Waals surface area contributed by atoms with Gasteiger partial charge in [0.05, 0.1) is 26.7 Å². The first kappa shape index (κ1) is 23.4. The molecule has 2 aliphatic rings. The Morgan fingerprint density at radius 1 is 1.09 bits per heavy atom. The number of rotatable bonds is 9. The van der Waals surface area contributed by atoms with Crippen molar-refractivity contribution in [1.82, 2.24) is 20.0 Å². The third kappa shape index (κ3) is 4.36. The molecule has 1 aromatic rings.